The van der Waals surface area contributed by atoms with E-state index < -0.39 is 0 Å². The molecule has 0 amide bonds. The average molecular weight is 195 g/mol. The Labute approximate surface area is 85.1 Å². The first-order chi connectivity index (χ1) is 6.42. The Kier molecular flexibility index (Phi) is 3.27. The molecule has 0 unspecified atom stereocenters. The summed E-state index contributed by atoms with van der Waals surface area (Å²) in [5.41, 5.74) is 7.55. The van der Waals surface area contributed by atoms with Crippen LogP contribution in [-0.2, 0) is 12.8 Å². The maximum atomic E-state index is 13.2. The van der Waals surface area contributed by atoms with Crippen molar-refractivity contribution >= 4 is 0 Å². The summed E-state index contributed by atoms with van der Waals surface area (Å²) >= 11 is 0. The Hall–Kier alpha value is -0.890. The van der Waals surface area contributed by atoms with Gasteiger partial charge in [-0.1, -0.05) is 19.1 Å². The topological polar surface area (TPSA) is 26.0 Å². The first-order valence-electron chi connectivity index (χ1n) is 4.98. The molecule has 0 bridgehead atoms. The zero-order chi connectivity index (χ0) is 10.8. The van der Waals surface area contributed by atoms with Crippen molar-refractivity contribution in [1.82, 2.24) is 0 Å². The highest BCUT2D eigenvalue weighted by Gasteiger charge is 2.12. The van der Waals surface area contributed by atoms with Crippen LogP contribution in [0.3, 0.4) is 0 Å². The Balaban J connectivity index is 2.90. The second kappa shape index (κ2) is 4.09. The molecule has 1 rings (SSSR count). The number of nitrogens with two attached hydrogens (primary N) is 1. The van der Waals surface area contributed by atoms with Crippen LogP contribution in [0, 0.1) is 5.82 Å². The lowest BCUT2D eigenvalue weighted by molar-refractivity contribution is 0.515. The molecule has 0 aromatic heterocycles. The second-order valence-electron chi connectivity index (χ2n) is 4.44. The monoisotopic (exact) mass is 195 g/mol. The molecule has 0 saturated carbocycles. The second-order valence-corrected chi connectivity index (χ2v) is 4.44. The summed E-state index contributed by atoms with van der Waals surface area (Å²) in [4.78, 5) is 0. The molecule has 0 saturated heterocycles. The third-order valence-corrected chi connectivity index (χ3v) is 2.15. The molecule has 78 valence electrons. The fourth-order valence-corrected chi connectivity index (χ4v) is 1.54. The van der Waals surface area contributed by atoms with Gasteiger partial charge in [0.25, 0.3) is 0 Å². The molecule has 0 atom stereocenters. The van der Waals surface area contributed by atoms with Crippen molar-refractivity contribution in [2.45, 2.75) is 39.2 Å². The molecular formula is C12H18FN. The minimum Gasteiger partial charge on any atom is -0.325 e. The van der Waals surface area contributed by atoms with Crippen LogP contribution < -0.4 is 5.73 Å². The van der Waals surface area contributed by atoms with Crippen molar-refractivity contribution in [3.8, 4) is 0 Å². The fourth-order valence-electron chi connectivity index (χ4n) is 1.54. The minimum atomic E-state index is -0.233. The predicted molar refractivity (Wildman–Crippen MR) is 57.7 cm³/mol. The number of rotatable bonds is 3. The van der Waals surface area contributed by atoms with E-state index in [4.69, 9.17) is 5.73 Å². The molecule has 14 heavy (non-hydrogen) atoms. The van der Waals surface area contributed by atoms with Crippen molar-refractivity contribution in [2.75, 3.05) is 0 Å². The molecule has 2 heteroatoms. The van der Waals surface area contributed by atoms with Crippen molar-refractivity contribution in [1.29, 1.82) is 0 Å². The number of hydrogen-bond donors (Lipinski definition) is 1. The molecule has 2 N–H and O–H groups in total. The van der Waals surface area contributed by atoms with Crippen molar-refractivity contribution < 1.29 is 4.39 Å². The summed E-state index contributed by atoms with van der Waals surface area (Å²) in [6.07, 6.45) is 1.50. The van der Waals surface area contributed by atoms with Gasteiger partial charge in [0.15, 0.2) is 0 Å². The van der Waals surface area contributed by atoms with Gasteiger partial charge in [0, 0.05) is 5.54 Å². The van der Waals surface area contributed by atoms with E-state index in [-0.39, 0.29) is 11.4 Å². The smallest absolute Gasteiger partial charge is 0.126 e. The standard InChI is InChI=1S/C12H18FN/c1-4-10-7-9(5-6-11(10)13)8-12(2,3)14/h5-7H,4,8,14H2,1-3H3. The summed E-state index contributed by atoms with van der Waals surface area (Å²) in [6, 6.07) is 5.24. The van der Waals surface area contributed by atoms with Crippen LogP contribution in [-0.4, -0.2) is 5.54 Å². The lowest BCUT2D eigenvalue weighted by Gasteiger charge is -2.18. The largest absolute Gasteiger partial charge is 0.325 e. The highest BCUT2D eigenvalue weighted by atomic mass is 19.1. The average Bonchev–Trinajstić information content (AvgIpc) is 2.06. The number of benzene rings is 1. The van der Waals surface area contributed by atoms with Gasteiger partial charge in [-0.15, -0.1) is 0 Å². The summed E-state index contributed by atoms with van der Waals surface area (Å²) < 4.78 is 13.2. The van der Waals surface area contributed by atoms with Gasteiger partial charge in [0.1, 0.15) is 5.82 Å². The molecule has 0 spiro atoms. The summed E-state index contributed by atoms with van der Waals surface area (Å²) in [6.45, 7) is 5.90. The molecule has 1 aromatic rings. The quantitative estimate of drug-likeness (QED) is 0.788. The zero-order valence-electron chi connectivity index (χ0n) is 9.10. The Morgan fingerprint density at radius 3 is 2.50 bits per heavy atom. The van der Waals surface area contributed by atoms with Gasteiger partial charge in [0.05, 0.1) is 0 Å². The third kappa shape index (κ3) is 3.11. The van der Waals surface area contributed by atoms with Crippen LogP contribution in [0.2, 0.25) is 0 Å². The summed E-state index contributed by atoms with van der Waals surface area (Å²) in [7, 11) is 0. The molecule has 0 heterocycles. The highest BCUT2D eigenvalue weighted by molar-refractivity contribution is 5.26. The molecule has 0 aliphatic rings. The molecule has 0 aliphatic heterocycles. The van der Waals surface area contributed by atoms with Crippen LogP contribution in [0.15, 0.2) is 18.2 Å². The van der Waals surface area contributed by atoms with Crippen LogP contribution in [0.25, 0.3) is 0 Å². The first-order valence-corrected chi connectivity index (χ1v) is 4.98. The Bertz CT molecular complexity index is 313. The summed E-state index contributed by atoms with van der Waals surface area (Å²) in [5.74, 6) is -0.119. The molecule has 0 radical (unpaired) electrons. The lowest BCUT2D eigenvalue weighted by atomic mass is 9.95. The Morgan fingerprint density at radius 1 is 1.36 bits per heavy atom. The van der Waals surface area contributed by atoms with Gasteiger partial charge in [-0.25, -0.2) is 4.39 Å². The summed E-state index contributed by atoms with van der Waals surface area (Å²) in [5, 5.41) is 0. The number of aryl methyl sites for hydroxylation is 1. The fraction of sp³-hybridized carbons (Fsp3) is 0.500. The highest BCUT2D eigenvalue weighted by Crippen LogP contribution is 2.15. The van der Waals surface area contributed by atoms with E-state index in [1.54, 1.807) is 0 Å². The maximum Gasteiger partial charge on any atom is 0.126 e. The van der Waals surface area contributed by atoms with E-state index >= 15 is 0 Å². The van der Waals surface area contributed by atoms with Gasteiger partial charge in [-0.05, 0) is 43.9 Å². The maximum absolute atomic E-state index is 13.2. The molecule has 0 fully saturated rings. The van der Waals surface area contributed by atoms with Gasteiger partial charge in [0.2, 0.25) is 0 Å². The van der Waals surface area contributed by atoms with Gasteiger partial charge < -0.3 is 5.73 Å². The third-order valence-electron chi connectivity index (χ3n) is 2.15. The van der Waals surface area contributed by atoms with Gasteiger partial charge in [-0.3, -0.25) is 0 Å². The zero-order valence-corrected chi connectivity index (χ0v) is 9.10. The number of halogens is 1. The first kappa shape index (κ1) is 11.2. The van der Waals surface area contributed by atoms with E-state index in [0.29, 0.717) is 0 Å². The molecule has 1 nitrogen and oxygen atoms in total. The predicted octanol–water partition coefficient (Wildman–Crippen LogP) is 2.67. The lowest BCUT2D eigenvalue weighted by Crippen LogP contribution is -2.34. The van der Waals surface area contributed by atoms with E-state index in [1.165, 1.54) is 6.07 Å². The Morgan fingerprint density at radius 2 is 2.00 bits per heavy atom. The molecule has 1 aromatic carbocycles. The van der Waals surface area contributed by atoms with Crippen molar-refractivity contribution in [3.05, 3.63) is 35.1 Å². The van der Waals surface area contributed by atoms with Crippen molar-refractivity contribution in [3.63, 3.8) is 0 Å². The molecule has 0 aliphatic carbocycles. The van der Waals surface area contributed by atoms with E-state index in [9.17, 15) is 4.39 Å². The normalized spacial score (nSPS) is 11.8. The van der Waals surface area contributed by atoms with Crippen LogP contribution >= 0.6 is 0 Å². The van der Waals surface area contributed by atoms with Crippen molar-refractivity contribution in [2.24, 2.45) is 5.73 Å². The van der Waals surface area contributed by atoms with Crippen LogP contribution in [0.5, 0.6) is 0 Å². The van der Waals surface area contributed by atoms with E-state index in [1.807, 2.05) is 32.9 Å². The van der Waals surface area contributed by atoms with Crippen LogP contribution in [0.1, 0.15) is 31.9 Å². The number of hydrogen-bond acceptors (Lipinski definition) is 1. The SMILES string of the molecule is CCc1cc(CC(C)(C)N)ccc1F. The van der Waals surface area contributed by atoms with Gasteiger partial charge >= 0.3 is 0 Å². The molecular weight excluding hydrogens is 177 g/mol. The van der Waals surface area contributed by atoms with Gasteiger partial charge in [-0.2, -0.15) is 0 Å². The van der Waals surface area contributed by atoms with E-state index in [2.05, 4.69) is 0 Å². The van der Waals surface area contributed by atoms with E-state index in [0.717, 1.165) is 24.0 Å². The minimum absolute atomic E-state index is 0.119. The van der Waals surface area contributed by atoms with Crippen LogP contribution in [0.4, 0.5) is 4.39 Å².